The molecule has 1 heterocycles. The molecule has 0 saturated carbocycles. The van der Waals surface area contributed by atoms with E-state index < -0.39 is 6.04 Å². The van der Waals surface area contributed by atoms with Crippen LogP contribution in [0.4, 0.5) is 0 Å². The van der Waals surface area contributed by atoms with E-state index in [0.29, 0.717) is 6.61 Å². The molecule has 19 heavy (non-hydrogen) atoms. The van der Waals surface area contributed by atoms with E-state index in [2.05, 4.69) is 10.6 Å². The molecule has 0 spiro atoms. The van der Waals surface area contributed by atoms with Crippen molar-refractivity contribution in [3.63, 3.8) is 0 Å². The maximum Gasteiger partial charge on any atom is 0.325 e. The molecule has 102 valence electrons. The lowest BCUT2D eigenvalue weighted by Gasteiger charge is -2.22. The Morgan fingerprint density at radius 2 is 2.05 bits per heavy atom. The highest BCUT2D eigenvalue weighted by Crippen LogP contribution is 2.07. The Kier molecular flexibility index (Phi) is 4.74. The van der Waals surface area contributed by atoms with Gasteiger partial charge in [-0.2, -0.15) is 0 Å². The van der Waals surface area contributed by atoms with Crippen LogP contribution in [-0.4, -0.2) is 44.2 Å². The quantitative estimate of drug-likeness (QED) is 0.564. The third-order valence-electron chi connectivity index (χ3n) is 2.64. The highest BCUT2D eigenvalue weighted by Gasteiger charge is 2.24. The van der Waals surface area contributed by atoms with Gasteiger partial charge in [0, 0.05) is 6.54 Å². The molecule has 0 aromatic heterocycles. The second-order valence-corrected chi connectivity index (χ2v) is 4.07. The second-order valence-electron chi connectivity index (χ2n) is 4.07. The van der Waals surface area contributed by atoms with E-state index in [1.54, 1.807) is 0 Å². The van der Waals surface area contributed by atoms with Crippen LogP contribution in [0.3, 0.4) is 0 Å². The van der Waals surface area contributed by atoms with Gasteiger partial charge in [0.1, 0.15) is 25.0 Å². The third-order valence-corrected chi connectivity index (χ3v) is 2.64. The Labute approximate surface area is 111 Å². The fraction of sp³-hybridized carbons (Fsp3) is 0.385. The van der Waals surface area contributed by atoms with E-state index >= 15 is 0 Å². The molecule has 0 bridgehead atoms. The fourth-order valence-electron chi connectivity index (χ4n) is 1.65. The predicted molar refractivity (Wildman–Crippen MR) is 67.7 cm³/mol. The standard InChI is InChI=1S/C13H16N2O4/c16-12-9-14-11(8-15-12)13(17)19-7-6-18-10-4-2-1-3-5-10/h1-5,11,14H,6-9H2,(H,15,16). The van der Waals surface area contributed by atoms with Crippen LogP contribution in [0.1, 0.15) is 0 Å². The smallest absolute Gasteiger partial charge is 0.325 e. The van der Waals surface area contributed by atoms with Gasteiger partial charge in [0.05, 0.1) is 6.54 Å². The van der Waals surface area contributed by atoms with Gasteiger partial charge in [-0.1, -0.05) is 18.2 Å². The first kappa shape index (κ1) is 13.4. The number of piperazine rings is 1. The summed E-state index contributed by atoms with van der Waals surface area (Å²) in [7, 11) is 0. The van der Waals surface area contributed by atoms with Crippen molar-refractivity contribution < 1.29 is 19.1 Å². The van der Waals surface area contributed by atoms with E-state index in [-0.39, 0.29) is 31.6 Å². The van der Waals surface area contributed by atoms with Gasteiger partial charge in [-0.05, 0) is 12.1 Å². The van der Waals surface area contributed by atoms with Gasteiger partial charge >= 0.3 is 5.97 Å². The number of amides is 1. The molecule has 1 saturated heterocycles. The van der Waals surface area contributed by atoms with E-state index in [9.17, 15) is 9.59 Å². The first-order valence-corrected chi connectivity index (χ1v) is 6.10. The summed E-state index contributed by atoms with van der Waals surface area (Å²) in [5.41, 5.74) is 0. The number of carbonyl (C=O) groups is 2. The van der Waals surface area contributed by atoms with Crippen LogP contribution in [0.25, 0.3) is 0 Å². The average Bonchev–Trinajstić information content (AvgIpc) is 2.45. The van der Waals surface area contributed by atoms with Crippen molar-refractivity contribution in [2.24, 2.45) is 0 Å². The van der Waals surface area contributed by atoms with Crippen molar-refractivity contribution >= 4 is 11.9 Å². The molecule has 1 aliphatic rings. The summed E-state index contributed by atoms with van der Waals surface area (Å²) in [6, 6.07) is 8.83. The van der Waals surface area contributed by atoms with Gasteiger partial charge in [0.2, 0.25) is 5.91 Å². The van der Waals surface area contributed by atoms with Gasteiger partial charge in [0.15, 0.2) is 0 Å². The summed E-state index contributed by atoms with van der Waals surface area (Å²) >= 11 is 0. The van der Waals surface area contributed by atoms with Crippen LogP contribution in [-0.2, 0) is 14.3 Å². The summed E-state index contributed by atoms with van der Waals surface area (Å²) in [5, 5.41) is 5.40. The van der Waals surface area contributed by atoms with Crippen molar-refractivity contribution in [2.75, 3.05) is 26.3 Å². The number of rotatable bonds is 5. The molecular weight excluding hydrogens is 248 g/mol. The lowest BCUT2D eigenvalue weighted by Crippen LogP contribution is -2.55. The molecule has 1 aromatic carbocycles. The van der Waals surface area contributed by atoms with Crippen LogP contribution in [0, 0.1) is 0 Å². The fourth-order valence-corrected chi connectivity index (χ4v) is 1.65. The average molecular weight is 264 g/mol. The maximum atomic E-state index is 11.6. The van der Waals surface area contributed by atoms with E-state index in [1.807, 2.05) is 30.3 Å². The molecule has 6 heteroatoms. The molecule has 0 aliphatic carbocycles. The van der Waals surface area contributed by atoms with Gasteiger partial charge in [-0.15, -0.1) is 0 Å². The molecule has 1 aliphatic heterocycles. The number of hydrogen-bond acceptors (Lipinski definition) is 5. The van der Waals surface area contributed by atoms with Crippen LogP contribution in [0.5, 0.6) is 5.75 Å². The van der Waals surface area contributed by atoms with Crippen LogP contribution in [0.15, 0.2) is 30.3 Å². The number of hydrogen-bond donors (Lipinski definition) is 2. The molecule has 1 unspecified atom stereocenters. The number of nitrogens with one attached hydrogen (secondary N) is 2. The Bertz CT molecular complexity index is 426. The van der Waals surface area contributed by atoms with Crippen molar-refractivity contribution in [1.29, 1.82) is 0 Å². The Morgan fingerprint density at radius 3 is 2.74 bits per heavy atom. The summed E-state index contributed by atoms with van der Waals surface area (Å²) in [4.78, 5) is 22.5. The first-order valence-electron chi connectivity index (χ1n) is 6.10. The number of esters is 1. The Balaban J connectivity index is 1.63. The lowest BCUT2D eigenvalue weighted by atomic mass is 10.2. The van der Waals surface area contributed by atoms with Crippen LogP contribution < -0.4 is 15.4 Å². The molecule has 1 fully saturated rings. The van der Waals surface area contributed by atoms with Crippen molar-refractivity contribution in [3.8, 4) is 5.75 Å². The molecule has 0 radical (unpaired) electrons. The molecule has 1 aromatic rings. The number of ether oxygens (including phenoxy) is 2. The van der Waals surface area contributed by atoms with Crippen molar-refractivity contribution in [1.82, 2.24) is 10.6 Å². The molecule has 1 atom stereocenters. The molecule has 6 nitrogen and oxygen atoms in total. The summed E-state index contributed by atoms with van der Waals surface area (Å²) in [5.74, 6) is 0.245. The highest BCUT2D eigenvalue weighted by atomic mass is 16.6. The van der Waals surface area contributed by atoms with Crippen LogP contribution in [0.2, 0.25) is 0 Å². The Hall–Kier alpha value is -2.08. The number of para-hydroxylation sites is 1. The second kappa shape index (κ2) is 6.75. The predicted octanol–water partition coefficient (Wildman–Crippen LogP) is -0.303. The zero-order valence-electron chi connectivity index (χ0n) is 10.4. The zero-order valence-corrected chi connectivity index (χ0v) is 10.4. The van der Waals surface area contributed by atoms with Gasteiger partial charge in [0.25, 0.3) is 0 Å². The molecular formula is C13H16N2O4. The van der Waals surface area contributed by atoms with Gasteiger partial charge in [-0.25, -0.2) is 0 Å². The lowest BCUT2D eigenvalue weighted by molar-refractivity contribution is -0.147. The topological polar surface area (TPSA) is 76.7 Å². The monoisotopic (exact) mass is 264 g/mol. The number of carbonyl (C=O) groups excluding carboxylic acids is 2. The largest absolute Gasteiger partial charge is 0.490 e. The minimum Gasteiger partial charge on any atom is -0.490 e. The maximum absolute atomic E-state index is 11.6. The number of benzene rings is 1. The zero-order chi connectivity index (χ0) is 13.5. The normalized spacial score (nSPS) is 18.5. The first-order chi connectivity index (χ1) is 9.25. The minimum absolute atomic E-state index is 0.114. The van der Waals surface area contributed by atoms with E-state index in [4.69, 9.17) is 9.47 Å². The Morgan fingerprint density at radius 1 is 1.26 bits per heavy atom. The summed E-state index contributed by atoms with van der Waals surface area (Å²) in [6.45, 7) is 0.881. The minimum atomic E-state index is -0.477. The molecule has 2 N–H and O–H groups in total. The highest BCUT2D eigenvalue weighted by molar-refractivity contribution is 5.83. The summed E-state index contributed by atoms with van der Waals surface area (Å²) < 4.78 is 10.5. The van der Waals surface area contributed by atoms with Crippen molar-refractivity contribution in [2.45, 2.75) is 6.04 Å². The van der Waals surface area contributed by atoms with E-state index in [0.717, 1.165) is 5.75 Å². The third kappa shape index (κ3) is 4.26. The van der Waals surface area contributed by atoms with Gasteiger partial charge in [-0.3, -0.25) is 14.9 Å². The SMILES string of the molecule is O=C1CNC(C(=O)OCCOc2ccccc2)CN1. The van der Waals surface area contributed by atoms with Gasteiger partial charge < -0.3 is 14.8 Å². The van der Waals surface area contributed by atoms with E-state index in [1.165, 1.54) is 0 Å². The molecule has 1 amide bonds. The van der Waals surface area contributed by atoms with Crippen LogP contribution >= 0.6 is 0 Å². The molecule has 2 rings (SSSR count). The van der Waals surface area contributed by atoms with Crippen molar-refractivity contribution in [3.05, 3.63) is 30.3 Å². The summed E-state index contributed by atoms with van der Waals surface area (Å²) in [6.07, 6.45) is 0.